The Balaban J connectivity index is 1.33. The molecule has 148 valence electrons. The van der Waals surface area contributed by atoms with Crippen molar-refractivity contribution < 1.29 is 14.3 Å². The van der Waals surface area contributed by atoms with Crippen molar-refractivity contribution in [3.05, 3.63) is 89.5 Å². The van der Waals surface area contributed by atoms with Crippen LogP contribution < -0.4 is 19.7 Å². The Morgan fingerprint density at radius 1 is 0.966 bits per heavy atom. The third-order valence-corrected chi connectivity index (χ3v) is 5.07. The number of hydrogen-bond donors (Lipinski definition) is 1. The molecule has 1 aliphatic rings. The van der Waals surface area contributed by atoms with Gasteiger partial charge in [-0.2, -0.15) is 0 Å². The van der Waals surface area contributed by atoms with Crippen LogP contribution in [0.25, 0.3) is 0 Å². The van der Waals surface area contributed by atoms with Gasteiger partial charge in [0.1, 0.15) is 11.5 Å². The SMILES string of the molecule is COc1ccc(CNC(=O)Oc2ccc3c(c2)CCN3Cc2ccccc2)cc1. The van der Waals surface area contributed by atoms with Crippen LogP contribution in [0.15, 0.2) is 72.8 Å². The largest absolute Gasteiger partial charge is 0.497 e. The molecule has 0 unspecified atom stereocenters. The molecule has 1 aliphatic heterocycles. The van der Waals surface area contributed by atoms with Crippen molar-refractivity contribution in [2.75, 3.05) is 18.6 Å². The maximum Gasteiger partial charge on any atom is 0.412 e. The predicted molar refractivity (Wildman–Crippen MR) is 113 cm³/mol. The molecule has 0 fully saturated rings. The molecular weight excluding hydrogens is 364 g/mol. The highest BCUT2D eigenvalue weighted by Gasteiger charge is 2.20. The number of carbonyl (C=O) groups is 1. The predicted octanol–water partition coefficient (Wildman–Crippen LogP) is 4.55. The summed E-state index contributed by atoms with van der Waals surface area (Å²) in [6.07, 6.45) is 0.493. The first kappa shape index (κ1) is 18.9. The third kappa shape index (κ3) is 4.69. The minimum absolute atomic E-state index is 0.401. The van der Waals surface area contributed by atoms with E-state index in [2.05, 4.69) is 34.5 Å². The van der Waals surface area contributed by atoms with Crippen LogP contribution >= 0.6 is 0 Å². The van der Waals surface area contributed by atoms with Gasteiger partial charge in [-0.15, -0.1) is 0 Å². The van der Waals surface area contributed by atoms with Crippen LogP contribution in [0.4, 0.5) is 10.5 Å². The maximum absolute atomic E-state index is 12.1. The average Bonchev–Trinajstić information content (AvgIpc) is 3.15. The molecule has 0 saturated heterocycles. The lowest BCUT2D eigenvalue weighted by atomic mass is 10.1. The second-order valence-corrected chi connectivity index (χ2v) is 7.04. The smallest absolute Gasteiger partial charge is 0.412 e. The number of amides is 1. The lowest BCUT2D eigenvalue weighted by Crippen LogP contribution is -2.26. The first-order valence-corrected chi connectivity index (χ1v) is 9.72. The number of hydrogen-bond acceptors (Lipinski definition) is 4. The second kappa shape index (κ2) is 8.69. The molecule has 0 atom stereocenters. The van der Waals surface area contributed by atoms with Gasteiger partial charge in [0.15, 0.2) is 0 Å². The van der Waals surface area contributed by atoms with E-state index in [-0.39, 0.29) is 0 Å². The van der Waals surface area contributed by atoms with Gasteiger partial charge < -0.3 is 19.7 Å². The molecule has 1 heterocycles. The molecule has 0 aromatic heterocycles. The zero-order valence-electron chi connectivity index (χ0n) is 16.4. The molecule has 0 aliphatic carbocycles. The summed E-state index contributed by atoms with van der Waals surface area (Å²) >= 11 is 0. The van der Waals surface area contributed by atoms with Crippen LogP contribution in [0, 0.1) is 0 Å². The fourth-order valence-electron chi connectivity index (χ4n) is 3.54. The number of nitrogens with zero attached hydrogens (tertiary/aromatic N) is 1. The summed E-state index contributed by atoms with van der Waals surface area (Å²) < 4.78 is 10.6. The van der Waals surface area contributed by atoms with E-state index in [4.69, 9.17) is 9.47 Å². The molecule has 1 amide bonds. The number of benzene rings is 3. The van der Waals surface area contributed by atoms with Crippen LogP contribution in [0.2, 0.25) is 0 Å². The van der Waals surface area contributed by atoms with Crippen LogP contribution in [0.3, 0.4) is 0 Å². The summed E-state index contributed by atoms with van der Waals surface area (Å²) in [5.41, 5.74) is 4.69. The molecule has 4 rings (SSSR count). The summed E-state index contributed by atoms with van der Waals surface area (Å²) in [6.45, 7) is 2.26. The Kier molecular flexibility index (Phi) is 5.66. The van der Waals surface area contributed by atoms with E-state index in [1.807, 2.05) is 48.5 Å². The Bertz CT molecular complexity index is 971. The molecule has 0 bridgehead atoms. The van der Waals surface area contributed by atoms with Crippen LogP contribution in [0.1, 0.15) is 16.7 Å². The fraction of sp³-hybridized carbons (Fsp3) is 0.208. The highest BCUT2D eigenvalue weighted by Crippen LogP contribution is 2.32. The Labute approximate surface area is 170 Å². The fourth-order valence-corrected chi connectivity index (χ4v) is 3.54. The molecule has 0 radical (unpaired) electrons. The maximum atomic E-state index is 12.1. The number of fused-ring (bicyclic) bond motifs is 1. The Morgan fingerprint density at radius 2 is 1.72 bits per heavy atom. The van der Waals surface area contributed by atoms with Gasteiger partial charge >= 0.3 is 6.09 Å². The van der Waals surface area contributed by atoms with E-state index in [9.17, 15) is 4.79 Å². The summed E-state index contributed by atoms with van der Waals surface area (Å²) in [4.78, 5) is 14.5. The lowest BCUT2D eigenvalue weighted by molar-refractivity contribution is 0.200. The number of nitrogens with one attached hydrogen (secondary N) is 1. The number of anilines is 1. The van der Waals surface area contributed by atoms with Crippen molar-refractivity contribution in [3.63, 3.8) is 0 Å². The van der Waals surface area contributed by atoms with Gasteiger partial charge in [-0.05, 0) is 53.4 Å². The van der Waals surface area contributed by atoms with E-state index < -0.39 is 6.09 Å². The minimum atomic E-state index is -0.458. The molecule has 0 spiro atoms. The highest BCUT2D eigenvalue weighted by molar-refractivity contribution is 5.71. The summed E-state index contributed by atoms with van der Waals surface area (Å²) in [5, 5.41) is 2.78. The molecule has 5 nitrogen and oxygen atoms in total. The Hall–Kier alpha value is -3.47. The monoisotopic (exact) mass is 388 g/mol. The van der Waals surface area contributed by atoms with Crippen molar-refractivity contribution in [1.82, 2.24) is 5.32 Å². The number of methoxy groups -OCH3 is 1. The first-order valence-electron chi connectivity index (χ1n) is 9.72. The lowest BCUT2D eigenvalue weighted by Gasteiger charge is -2.19. The van der Waals surface area contributed by atoms with Crippen molar-refractivity contribution in [3.8, 4) is 11.5 Å². The van der Waals surface area contributed by atoms with Crippen molar-refractivity contribution >= 4 is 11.8 Å². The van der Waals surface area contributed by atoms with Crippen molar-refractivity contribution in [1.29, 1.82) is 0 Å². The number of ether oxygens (including phenoxy) is 2. The first-order chi connectivity index (χ1) is 14.2. The van der Waals surface area contributed by atoms with Gasteiger partial charge in [-0.3, -0.25) is 0 Å². The highest BCUT2D eigenvalue weighted by atomic mass is 16.6. The van der Waals surface area contributed by atoms with E-state index in [0.29, 0.717) is 12.3 Å². The van der Waals surface area contributed by atoms with Gasteiger partial charge in [0.2, 0.25) is 0 Å². The van der Waals surface area contributed by atoms with Gasteiger partial charge in [-0.25, -0.2) is 4.79 Å². The molecule has 1 N–H and O–H groups in total. The van der Waals surface area contributed by atoms with Crippen LogP contribution in [0.5, 0.6) is 11.5 Å². The number of rotatable bonds is 6. The van der Waals surface area contributed by atoms with Crippen molar-refractivity contribution in [2.45, 2.75) is 19.5 Å². The zero-order valence-corrected chi connectivity index (χ0v) is 16.4. The number of carbonyl (C=O) groups excluding carboxylic acids is 1. The van der Waals surface area contributed by atoms with Gasteiger partial charge in [0.05, 0.1) is 7.11 Å². The van der Waals surface area contributed by atoms with Gasteiger partial charge in [0, 0.05) is 25.3 Å². The standard InChI is InChI=1S/C24H24N2O3/c1-28-21-9-7-18(8-10-21)16-25-24(27)29-22-11-12-23-20(15-22)13-14-26(23)17-19-5-3-2-4-6-19/h2-12,15H,13-14,16-17H2,1H3,(H,25,27). The topological polar surface area (TPSA) is 50.8 Å². The van der Waals surface area contributed by atoms with E-state index in [0.717, 1.165) is 30.8 Å². The van der Waals surface area contributed by atoms with E-state index in [1.54, 1.807) is 7.11 Å². The molecule has 3 aromatic rings. The Morgan fingerprint density at radius 3 is 2.48 bits per heavy atom. The molecule has 5 heteroatoms. The van der Waals surface area contributed by atoms with Crippen LogP contribution in [-0.2, 0) is 19.5 Å². The summed E-state index contributed by atoms with van der Waals surface area (Å²) in [7, 11) is 1.63. The minimum Gasteiger partial charge on any atom is -0.497 e. The van der Waals surface area contributed by atoms with Gasteiger partial charge in [0.25, 0.3) is 0 Å². The normalized spacial score (nSPS) is 12.4. The quantitative estimate of drug-likeness (QED) is 0.673. The molecule has 29 heavy (non-hydrogen) atoms. The average molecular weight is 388 g/mol. The second-order valence-electron chi connectivity index (χ2n) is 7.04. The van der Waals surface area contributed by atoms with E-state index in [1.165, 1.54) is 16.8 Å². The molecule has 0 saturated carbocycles. The van der Waals surface area contributed by atoms with Gasteiger partial charge in [-0.1, -0.05) is 42.5 Å². The summed E-state index contributed by atoms with van der Waals surface area (Å²) in [6, 6.07) is 23.9. The van der Waals surface area contributed by atoms with Crippen molar-refractivity contribution in [2.24, 2.45) is 0 Å². The van der Waals surface area contributed by atoms with E-state index >= 15 is 0 Å². The molecule has 3 aromatic carbocycles. The van der Waals surface area contributed by atoms with Crippen LogP contribution in [-0.4, -0.2) is 19.7 Å². The third-order valence-electron chi connectivity index (χ3n) is 5.07. The molecular formula is C24H24N2O3. The summed E-state index contributed by atoms with van der Waals surface area (Å²) in [5.74, 6) is 1.35. The zero-order chi connectivity index (χ0) is 20.1.